The molecule has 2 heterocycles. The average molecular weight is 435 g/mol. The number of carbonyl (C=O) groups excluding carboxylic acids is 3. The minimum atomic E-state index is -0.510. The van der Waals surface area contributed by atoms with Crippen molar-refractivity contribution in [3.05, 3.63) is 72.1 Å². The van der Waals surface area contributed by atoms with Crippen LogP contribution in [0, 0.1) is 12.7 Å². The van der Waals surface area contributed by atoms with E-state index in [9.17, 15) is 18.8 Å². The Labute approximate surface area is 184 Å². The van der Waals surface area contributed by atoms with Crippen molar-refractivity contribution in [2.24, 2.45) is 0 Å². The molecule has 2 N–H and O–H groups in total. The molecule has 0 atom stereocenters. The van der Waals surface area contributed by atoms with Crippen LogP contribution < -0.4 is 15.5 Å². The third-order valence-corrected chi connectivity index (χ3v) is 5.24. The summed E-state index contributed by atoms with van der Waals surface area (Å²) >= 11 is 0. The molecule has 1 aliphatic heterocycles. The van der Waals surface area contributed by atoms with E-state index in [1.165, 1.54) is 6.07 Å². The molecule has 9 heteroatoms. The van der Waals surface area contributed by atoms with Crippen LogP contribution in [0.3, 0.4) is 0 Å². The second kappa shape index (κ2) is 9.01. The molecule has 1 fully saturated rings. The van der Waals surface area contributed by atoms with Gasteiger partial charge >= 0.3 is 0 Å². The molecular weight excluding hydrogens is 413 g/mol. The normalized spacial score (nSPS) is 13.3. The summed E-state index contributed by atoms with van der Waals surface area (Å²) in [6, 6.07) is 11.0. The second-order valence-electron chi connectivity index (χ2n) is 7.44. The van der Waals surface area contributed by atoms with Gasteiger partial charge in [-0.2, -0.15) is 0 Å². The third-order valence-electron chi connectivity index (χ3n) is 5.24. The number of hydrogen-bond donors (Lipinski definition) is 2. The Morgan fingerprint density at radius 3 is 2.56 bits per heavy atom. The first-order chi connectivity index (χ1) is 15.4. The number of imidazole rings is 1. The first kappa shape index (κ1) is 21.2. The van der Waals surface area contributed by atoms with Gasteiger partial charge in [0.05, 0.1) is 12.2 Å². The fourth-order valence-corrected chi connectivity index (χ4v) is 3.59. The number of carbonyl (C=O) groups is 3. The van der Waals surface area contributed by atoms with Gasteiger partial charge in [0.25, 0.3) is 5.91 Å². The van der Waals surface area contributed by atoms with E-state index in [-0.39, 0.29) is 18.1 Å². The van der Waals surface area contributed by atoms with Gasteiger partial charge in [-0.15, -0.1) is 0 Å². The predicted molar refractivity (Wildman–Crippen MR) is 117 cm³/mol. The van der Waals surface area contributed by atoms with E-state index in [4.69, 9.17) is 0 Å². The lowest BCUT2D eigenvalue weighted by Crippen LogP contribution is -2.33. The molecule has 3 aromatic rings. The monoisotopic (exact) mass is 435 g/mol. The van der Waals surface area contributed by atoms with Crippen LogP contribution in [0.15, 0.2) is 54.9 Å². The lowest BCUT2D eigenvalue weighted by atomic mass is 10.2. The maximum absolute atomic E-state index is 14.5. The first-order valence-corrected chi connectivity index (χ1v) is 10.2. The molecule has 0 bridgehead atoms. The van der Waals surface area contributed by atoms with Gasteiger partial charge in [-0.1, -0.05) is 0 Å². The van der Waals surface area contributed by atoms with E-state index in [0.717, 1.165) is 12.1 Å². The number of aromatic nitrogens is 2. The van der Waals surface area contributed by atoms with Crippen molar-refractivity contribution in [2.75, 3.05) is 23.3 Å². The standard InChI is InChI=1S/C23H22FN5O3/c1-15-25-10-12-28(15)20-9-6-17(13-19(20)24)27-21(30)14-26-23(32)16-4-7-18(8-5-16)29-11-2-3-22(29)31/h4-10,12-13H,2-3,11,14H2,1H3,(H,26,32)(H,27,30). The number of nitrogens with one attached hydrogen (secondary N) is 2. The van der Waals surface area contributed by atoms with Gasteiger partial charge in [0.15, 0.2) is 0 Å². The Hall–Kier alpha value is -4.01. The highest BCUT2D eigenvalue weighted by Crippen LogP contribution is 2.22. The summed E-state index contributed by atoms with van der Waals surface area (Å²) in [6.07, 6.45) is 4.59. The van der Waals surface area contributed by atoms with Crippen molar-refractivity contribution in [1.29, 1.82) is 0 Å². The Kier molecular flexibility index (Phi) is 5.98. The molecule has 1 aromatic heterocycles. The molecule has 1 aliphatic rings. The SMILES string of the molecule is Cc1nccn1-c1ccc(NC(=O)CNC(=O)c2ccc(N3CCCC3=O)cc2)cc1F. The summed E-state index contributed by atoms with van der Waals surface area (Å²) in [6.45, 7) is 2.17. The number of hydrogen-bond acceptors (Lipinski definition) is 4. The van der Waals surface area contributed by atoms with E-state index in [2.05, 4.69) is 15.6 Å². The fourth-order valence-electron chi connectivity index (χ4n) is 3.59. The van der Waals surface area contributed by atoms with Crippen LogP contribution in [0.5, 0.6) is 0 Å². The summed E-state index contributed by atoms with van der Waals surface area (Å²) in [7, 11) is 0. The van der Waals surface area contributed by atoms with E-state index >= 15 is 0 Å². The van der Waals surface area contributed by atoms with Crippen molar-refractivity contribution in [3.63, 3.8) is 0 Å². The first-order valence-electron chi connectivity index (χ1n) is 10.2. The highest BCUT2D eigenvalue weighted by atomic mass is 19.1. The molecule has 8 nitrogen and oxygen atoms in total. The minimum Gasteiger partial charge on any atom is -0.343 e. The zero-order chi connectivity index (χ0) is 22.7. The molecule has 0 spiro atoms. The van der Waals surface area contributed by atoms with Gasteiger partial charge < -0.3 is 20.1 Å². The number of aryl methyl sites for hydroxylation is 1. The van der Waals surface area contributed by atoms with Crippen LogP contribution in [0.1, 0.15) is 29.0 Å². The van der Waals surface area contributed by atoms with E-state index in [0.29, 0.717) is 30.0 Å². The van der Waals surface area contributed by atoms with Gasteiger partial charge in [0.1, 0.15) is 11.6 Å². The quantitative estimate of drug-likeness (QED) is 0.622. The largest absolute Gasteiger partial charge is 0.343 e. The van der Waals surface area contributed by atoms with Crippen molar-refractivity contribution < 1.29 is 18.8 Å². The molecule has 0 radical (unpaired) electrons. The smallest absolute Gasteiger partial charge is 0.251 e. The van der Waals surface area contributed by atoms with Gasteiger partial charge in [-0.05, 0) is 55.8 Å². The lowest BCUT2D eigenvalue weighted by molar-refractivity contribution is -0.117. The van der Waals surface area contributed by atoms with Crippen LogP contribution in [0.4, 0.5) is 15.8 Å². The summed E-state index contributed by atoms with van der Waals surface area (Å²) in [5.41, 5.74) is 1.73. The fraction of sp³-hybridized carbons (Fsp3) is 0.217. The summed E-state index contributed by atoms with van der Waals surface area (Å²) in [5.74, 6) is -0.698. The number of halogens is 1. The van der Waals surface area contributed by atoms with Crippen molar-refractivity contribution >= 4 is 29.1 Å². The maximum Gasteiger partial charge on any atom is 0.251 e. The van der Waals surface area contributed by atoms with Crippen LogP contribution in [-0.4, -0.2) is 40.4 Å². The van der Waals surface area contributed by atoms with Gasteiger partial charge in [-0.25, -0.2) is 9.37 Å². The highest BCUT2D eigenvalue weighted by molar-refractivity contribution is 6.00. The van der Waals surface area contributed by atoms with Crippen LogP contribution in [0.2, 0.25) is 0 Å². The predicted octanol–water partition coefficient (Wildman–Crippen LogP) is 2.82. The second-order valence-corrected chi connectivity index (χ2v) is 7.44. The lowest BCUT2D eigenvalue weighted by Gasteiger charge is -2.15. The summed E-state index contributed by atoms with van der Waals surface area (Å²) in [4.78, 5) is 42.1. The van der Waals surface area contributed by atoms with Gasteiger partial charge in [0, 0.05) is 42.3 Å². The molecular formula is C23H22FN5O3. The number of nitrogens with zero attached hydrogens (tertiary/aromatic N) is 3. The van der Waals surface area contributed by atoms with E-state index < -0.39 is 17.6 Å². The van der Waals surface area contributed by atoms with Crippen LogP contribution in [-0.2, 0) is 9.59 Å². The van der Waals surface area contributed by atoms with E-state index in [1.807, 2.05) is 0 Å². The zero-order valence-electron chi connectivity index (χ0n) is 17.5. The molecule has 2 aromatic carbocycles. The minimum absolute atomic E-state index is 0.0727. The molecule has 32 heavy (non-hydrogen) atoms. The third kappa shape index (κ3) is 4.51. The maximum atomic E-state index is 14.5. The van der Waals surface area contributed by atoms with Gasteiger partial charge in [0.2, 0.25) is 11.8 Å². The van der Waals surface area contributed by atoms with Crippen molar-refractivity contribution in [1.82, 2.24) is 14.9 Å². The molecule has 4 rings (SSSR count). The average Bonchev–Trinajstić information content (AvgIpc) is 3.40. The number of amides is 3. The van der Waals surface area contributed by atoms with Crippen LogP contribution >= 0.6 is 0 Å². The topological polar surface area (TPSA) is 96.3 Å². The Balaban J connectivity index is 1.32. The summed E-state index contributed by atoms with van der Waals surface area (Å²) < 4.78 is 16.1. The number of benzene rings is 2. The highest BCUT2D eigenvalue weighted by Gasteiger charge is 2.21. The molecule has 0 unspecified atom stereocenters. The van der Waals surface area contributed by atoms with Crippen molar-refractivity contribution in [3.8, 4) is 5.69 Å². The zero-order valence-corrected chi connectivity index (χ0v) is 17.5. The molecule has 0 aliphatic carbocycles. The van der Waals surface area contributed by atoms with Crippen LogP contribution in [0.25, 0.3) is 5.69 Å². The number of anilines is 2. The van der Waals surface area contributed by atoms with Gasteiger partial charge in [-0.3, -0.25) is 14.4 Å². The Morgan fingerprint density at radius 1 is 1.16 bits per heavy atom. The molecule has 0 saturated carbocycles. The summed E-state index contributed by atoms with van der Waals surface area (Å²) in [5, 5.41) is 5.10. The molecule has 3 amide bonds. The number of rotatable bonds is 6. The molecule has 1 saturated heterocycles. The molecule has 164 valence electrons. The Bertz CT molecular complexity index is 1170. The van der Waals surface area contributed by atoms with E-state index in [1.54, 1.807) is 65.2 Å². The van der Waals surface area contributed by atoms with Crippen molar-refractivity contribution in [2.45, 2.75) is 19.8 Å². The Morgan fingerprint density at radius 2 is 1.94 bits per heavy atom.